The maximum absolute atomic E-state index is 12.3. The first-order chi connectivity index (χ1) is 11.1. The van der Waals surface area contributed by atoms with E-state index in [9.17, 15) is 4.79 Å². The van der Waals surface area contributed by atoms with Crippen molar-refractivity contribution in [2.24, 2.45) is 0 Å². The molecule has 1 N–H and O–H groups in total. The molecular formula is C17H17N3O3. The van der Waals surface area contributed by atoms with Gasteiger partial charge in [0.15, 0.2) is 11.5 Å². The normalized spacial score (nSPS) is 10.6. The number of hydrogen-bond donors (Lipinski definition) is 1. The van der Waals surface area contributed by atoms with Crippen LogP contribution in [-0.4, -0.2) is 25.2 Å². The molecule has 2 aromatic carbocycles. The summed E-state index contributed by atoms with van der Waals surface area (Å²) in [5, 5.41) is 2.84. The van der Waals surface area contributed by atoms with Crippen LogP contribution in [0.5, 0.6) is 5.75 Å². The van der Waals surface area contributed by atoms with Crippen molar-refractivity contribution in [1.29, 1.82) is 0 Å². The van der Waals surface area contributed by atoms with E-state index < -0.39 is 0 Å². The second-order valence-electron chi connectivity index (χ2n) is 5.10. The van der Waals surface area contributed by atoms with Crippen LogP contribution in [0.3, 0.4) is 0 Å². The van der Waals surface area contributed by atoms with Crippen molar-refractivity contribution in [2.45, 2.75) is 6.92 Å². The van der Waals surface area contributed by atoms with Crippen LogP contribution in [0.4, 0.5) is 16.2 Å². The van der Waals surface area contributed by atoms with Crippen LogP contribution in [0.2, 0.25) is 0 Å². The molecule has 1 aromatic heterocycles. The number of ether oxygens (including phenoxy) is 1. The maximum atomic E-state index is 12.3. The zero-order chi connectivity index (χ0) is 16.4. The topological polar surface area (TPSA) is 67.6 Å². The Hall–Kier alpha value is -3.02. The van der Waals surface area contributed by atoms with Gasteiger partial charge in [-0.05, 0) is 42.5 Å². The van der Waals surface area contributed by atoms with Gasteiger partial charge in [-0.1, -0.05) is 0 Å². The number of fused-ring (bicyclic) bond motifs is 1. The molecule has 0 aliphatic heterocycles. The third-order valence-corrected chi connectivity index (χ3v) is 3.51. The van der Waals surface area contributed by atoms with Crippen molar-refractivity contribution in [1.82, 2.24) is 4.98 Å². The molecule has 0 aliphatic rings. The number of aryl methyl sites for hydroxylation is 1. The molecule has 3 rings (SSSR count). The lowest BCUT2D eigenvalue weighted by Crippen LogP contribution is -2.31. The number of benzene rings is 2. The molecule has 1 heterocycles. The Morgan fingerprint density at radius 2 is 1.96 bits per heavy atom. The van der Waals surface area contributed by atoms with Gasteiger partial charge in [0.25, 0.3) is 0 Å². The number of rotatable bonds is 3. The van der Waals surface area contributed by atoms with E-state index in [1.807, 2.05) is 24.3 Å². The van der Waals surface area contributed by atoms with Gasteiger partial charge in [-0.25, -0.2) is 9.78 Å². The summed E-state index contributed by atoms with van der Waals surface area (Å²) >= 11 is 0. The fourth-order valence-corrected chi connectivity index (χ4v) is 2.25. The summed E-state index contributed by atoms with van der Waals surface area (Å²) in [6.07, 6.45) is 0. The van der Waals surface area contributed by atoms with Crippen LogP contribution in [-0.2, 0) is 0 Å². The molecule has 0 radical (unpaired) electrons. The summed E-state index contributed by atoms with van der Waals surface area (Å²) in [7, 11) is 3.31. The van der Waals surface area contributed by atoms with Crippen molar-refractivity contribution in [3.63, 3.8) is 0 Å². The molecule has 6 heteroatoms. The third-order valence-electron chi connectivity index (χ3n) is 3.51. The molecule has 0 saturated carbocycles. The van der Waals surface area contributed by atoms with Gasteiger partial charge in [0.1, 0.15) is 11.3 Å². The van der Waals surface area contributed by atoms with E-state index in [0.717, 1.165) is 11.4 Å². The van der Waals surface area contributed by atoms with Crippen LogP contribution in [0.15, 0.2) is 46.9 Å². The van der Waals surface area contributed by atoms with Gasteiger partial charge < -0.3 is 14.5 Å². The molecule has 0 saturated heterocycles. The lowest BCUT2D eigenvalue weighted by Gasteiger charge is -2.18. The quantitative estimate of drug-likeness (QED) is 0.798. The van der Waals surface area contributed by atoms with Crippen LogP contribution in [0.1, 0.15) is 5.89 Å². The number of nitrogens with one attached hydrogen (secondary N) is 1. The number of oxazole rings is 1. The molecular weight excluding hydrogens is 294 g/mol. The van der Waals surface area contributed by atoms with Crippen molar-refractivity contribution in [3.05, 3.63) is 48.4 Å². The van der Waals surface area contributed by atoms with E-state index >= 15 is 0 Å². The minimum absolute atomic E-state index is 0.241. The fourth-order valence-electron chi connectivity index (χ4n) is 2.25. The molecule has 0 bridgehead atoms. The molecule has 23 heavy (non-hydrogen) atoms. The molecule has 6 nitrogen and oxygen atoms in total. The lowest BCUT2D eigenvalue weighted by atomic mass is 10.2. The Morgan fingerprint density at radius 1 is 1.22 bits per heavy atom. The highest BCUT2D eigenvalue weighted by Gasteiger charge is 2.12. The second-order valence-corrected chi connectivity index (χ2v) is 5.10. The minimum Gasteiger partial charge on any atom is -0.497 e. The first kappa shape index (κ1) is 14.9. The predicted molar refractivity (Wildman–Crippen MR) is 89.2 cm³/mol. The zero-order valence-electron chi connectivity index (χ0n) is 13.2. The number of aromatic nitrogens is 1. The smallest absolute Gasteiger partial charge is 0.326 e. The molecule has 3 aromatic rings. The predicted octanol–water partition coefficient (Wildman–Crippen LogP) is 3.81. The highest BCUT2D eigenvalue weighted by atomic mass is 16.5. The molecule has 0 aliphatic carbocycles. The minimum atomic E-state index is -0.241. The highest BCUT2D eigenvalue weighted by Crippen LogP contribution is 2.22. The Kier molecular flexibility index (Phi) is 3.89. The van der Waals surface area contributed by atoms with Crippen LogP contribution >= 0.6 is 0 Å². The summed E-state index contributed by atoms with van der Waals surface area (Å²) in [4.78, 5) is 18.1. The van der Waals surface area contributed by atoms with Crippen molar-refractivity contribution < 1.29 is 13.9 Å². The van der Waals surface area contributed by atoms with Gasteiger partial charge in [-0.3, -0.25) is 4.90 Å². The van der Waals surface area contributed by atoms with Gasteiger partial charge in [-0.2, -0.15) is 0 Å². The molecule has 118 valence electrons. The molecule has 0 atom stereocenters. The van der Waals surface area contributed by atoms with Gasteiger partial charge in [0.2, 0.25) is 0 Å². The van der Waals surface area contributed by atoms with Crippen LogP contribution in [0.25, 0.3) is 11.1 Å². The molecule has 2 amide bonds. The largest absolute Gasteiger partial charge is 0.497 e. The summed E-state index contributed by atoms with van der Waals surface area (Å²) in [5.41, 5.74) is 2.84. The number of hydrogen-bond acceptors (Lipinski definition) is 4. The van der Waals surface area contributed by atoms with E-state index in [0.29, 0.717) is 22.7 Å². The Bertz CT molecular complexity index is 840. The number of amides is 2. The lowest BCUT2D eigenvalue weighted by molar-refractivity contribution is 0.258. The van der Waals surface area contributed by atoms with Gasteiger partial charge in [-0.15, -0.1) is 0 Å². The Balaban J connectivity index is 1.75. The third kappa shape index (κ3) is 3.11. The first-order valence-corrected chi connectivity index (χ1v) is 7.13. The number of urea groups is 1. The number of carbonyl (C=O) groups excluding carboxylic acids is 1. The van der Waals surface area contributed by atoms with Crippen LogP contribution in [0, 0.1) is 6.92 Å². The number of methoxy groups -OCH3 is 1. The summed E-state index contributed by atoms with van der Waals surface area (Å²) in [5.74, 6) is 1.34. The van der Waals surface area contributed by atoms with E-state index in [1.54, 1.807) is 39.3 Å². The first-order valence-electron chi connectivity index (χ1n) is 7.13. The number of nitrogens with zero attached hydrogens (tertiary/aromatic N) is 2. The summed E-state index contributed by atoms with van der Waals surface area (Å²) in [6.45, 7) is 1.79. The second kappa shape index (κ2) is 6.00. The number of anilines is 2. The van der Waals surface area contributed by atoms with Crippen molar-refractivity contribution >= 4 is 28.5 Å². The SMILES string of the molecule is COc1ccc(N(C)C(=O)Nc2ccc3oc(C)nc3c2)cc1. The summed E-state index contributed by atoms with van der Waals surface area (Å²) in [6, 6.07) is 12.4. The van der Waals surface area contributed by atoms with E-state index in [-0.39, 0.29) is 6.03 Å². The van der Waals surface area contributed by atoms with Gasteiger partial charge in [0.05, 0.1) is 7.11 Å². The maximum Gasteiger partial charge on any atom is 0.326 e. The molecule has 0 unspecified atom stereocenters. The van der Waals surface area contributed by atoms with E-state index in [1.165, 1.54) is 4.90 Å². The Morgan fingerprint density at radius 3 is 2.65 bits per heavy atom. The summed E-state index contributed by atoms with van der Waals surface area (Å²) < 4.78 is 10.5. The fraction of sp³-hybridized carbons (Fsp3) is 0.176. The number of carbonyl (C=O) groups is 1. The van der Waals surface area contributed by atoms with Gasteiger partial charge in [0, 0.05) is 25.3 Å². The van der Waals surface area contributed by atoms with Gasteiger partial charge >= 0.3 is 6.03 Å². The highest BCUT2D eigenvalue weighted by molar-refractivity contribution is 6.02. The van der Waals surface area contributed by atoms with Crippen LogP contribution < -0.4 is 15.0 Å². The Labute approximate surface area is 133 Å². The average Bonchev–Trinajstić information content (AvgIpc) is 2.93. The molecule has 0 fully saturated rings. The monoisotopic (exact) mass is 311 g/mol. The van der Waals surface area contributed by atoms with Crippen molar-refractivity contribution in [3.8, 4) is 5.75 Å². The standard InChI is InChI=1S/C17H17N3O3/c1-11-18-15-10-12(4-9-16(15)23-11)19-17(21)20(2)13-5-7-14(22-3)8-6-13/h4-10H,1-3H3,(H,19,21). The average molecular weight is 311 g/mol. The van der Waals surface area contributed by atoms with E-state index in [4.69, 9.17) is 9.15 Å². The zero-order valence-corrected chi connectivity index (χ0v) is 13.2. The van der Waals surface area contributed by atoms with Crippen molar-refractivity contribution in [2.75, 3.05) is 24.4 Å². The molecule has 0 spiro atoms. The van der Waals surface area contributed by atoms with E-state index in [2.05, 4.69) is 10.3 Å².